The second kappa shape index (κ2) is 4.08. The van der Waals surface area contributed by atoms with Crippen molar-refractivity contribution in [3.05, 3.63) is 12.2 Å². The number of nitrogens with zero attached hydrogens (tertiary/aromatic N) is 1. The first kappa shape index (κ1) is 9.02. The van der Waals surface area contributed by atoms with E-state index in [1.165, 1.54) is 0 Å². The molecule has 0 aromatic carbocycles. The summed E-state index contributed by atoms with van der Waals surface area (Å²) < 4.78 is 0. The van der Waals surface area contributed by atoms with Crippen molar-refractivity contribution in [3.8, 4) is 11.8 Å². The Bertz CT molecular complexity index is 255. The first-order valence-corrected chi connectivity index (χ1v) is 4.15. The van der Waals surface area contributed by atoms with Crippen LogP contribution in [0.5, 0.6) is 0 Å². The highest BCUT2D eigenvalue weighted by molar-refractivity contribution is 5.72. The molecule has 1 heterocycles. The largest absolute Gasteiger partial charge is 0.330 e. The lowest BCUT2D eigenvalue weighted by Gasteiger charge is -2.18. The van der Waals surface area contributed by atoms with Gasteiger partial charge in [-0.25, -0.2) is 0 Å². The van der Waals surface area contributed by atoms with Crippen molar-refractivity contribution < 1.29 is 0 Å². The summed E-state index contributed by atoms with van der Waals surface area (Å²) in [5, 5.41) is 0. The number of hydrogen-bond donors (Lipinski definition) is 1. The fourth-order valence-electron chi connectivity index (χ4n) is 1.03. The zero-order chi connectivity index (χ0) is 8.86. The summed E-state index contributed by atoms with van der Waals surface area (Å²) in [5.74, 6) is 6.21. The minimum Gasteiger partial charge on any atom is -0.330 e. The van der Waals surface area contributed by atoms with Gasteiger partial charge in [-0.3, -0.25) is 4.99 Å². The molecule has 12 heavy (non-hydrogen) atoms. The minimum absolute atomic E-state index is 0.0656. The molecule has 0 bridgehead atoms. The van der Waals surface area contributed by atoms with E-state index in [0.717, 1.165) is 13.0 Å². The average molecular weight is 162 g/mol. The molecule has 1 unspecified atom stereocenters. The quantitative estimate of drug-likeness (QED) is 0.574. The number of dihydropyridines is 1. The number of aliphatic imine (C=N–C) groups is 1. The Balaban J connectivity index is 2.57. The molecular formula is C10H14N2. The normalized spacial score (nSPS) is 26.5. The molecule has 0 spiro atoms. The van der Waals surface area contributed by atoms with E-state index in [4.69, 9.17) is 5.73 Å². The van der Waals surface area contributed by atoms with Crippen LogP contribution in [-0.2, 0) is 0 Å². The Morgan fingerprint density at radius 3 is 3.08 bits per heavy atom. The lowest BCUT2D eigenvalue weighted by atomic mass is 9.90. The van der Waals surface area contributed by atoms with Gasteiger partial charge in [0.25, 0.3) is 0 Å². The van der Waals surface area contributed by atoms with Crippen molar-refractivity contribution in [2.24, 2.45) is 16.1 Å². The van der Waals surface area contributed by atoms with Gasteiger partial charge in [0.15, 0.2) is 0 Å². The fraction of sp³-hybridized carbons (Fsp3) is 0.500. The highest BCUT2D eigenvalue weighted by Gasteiger charge is 2.17. The molecular weight excluding hydrogens is 148 g/mol. The van der Waals surface area contributed by atoms with Gasteiger partial charge in [0.1, 0.15) is 0 Å². The van der Waals surface area contributed by atoms with E-state index in [1.807, 2.05) is 12.3 Å². The molecule has 0 saturated heterocycles. The molecule has 1 aliphatic rings. The smallest absolute Gasteiger partial charge is 0.0664 e. The molecule has 2 nitrogen and oxygen atoms in total. The van der Waals surface area contributed by atoms with Crippen LogP contribution in [0.3, 0.4) is 0 Å². The van der Waals surface area contributed by atoms with Gasteiger partial charge in [0, 0.05) is 19.2 Å². The van der Waals surface area contributed by atoms with Gasteiger partial charge < -0.3 is 5.73 Å². The van der Waals surface area contributed by atoms with E-state index in [0.29, 0.717) is 6.54 Å². The molecule has 1 aliphatic heterocycles. The van der Waals surface area contributed by atoms with Crippen LogP contribution < -0.4 is 5.73 Å². The Morgan fingerprint density at radius 2 is 2.50 bits per heavy atom. The van der Waals surface area contributed by atoms with Crippen molar-refractivity contribution in [3.63, 3.8) is 0 Å². The van der Waals surface area contributed by atoms with Crippen molar-refractivity contribution in [2.75, 3.05) is 13.1 Å². The van der Waals surface area contributed by atoms with E-state index in [1.54, 1.807) is 0 Å². The maximum absolute atomic E-state index is 5.34. The van der Waals surface area contributed by atoms with Crippen LogP contribution in [0.1, 0.15) is 13.3 Å². The van der Waals surface area contributed by atoms with E-state index >= 15 is 0 Å². The van der Waals surface area contributed by atoms with Gasteiger partial charge in [-0.2, -0.15) is 0 Å². The van der Waals surface area contributed by atoms with Crippen molar-refractivity contribution in [1.82, 2.24) is 0 Å². The lowest BCUT2D eigenvalue weighted by Crippen LogP contribution is -2.17. The van der Waals surface area contributed by atoms with Gasteiger partial charge in [-0.05, 0) is 13.0 Å². The Labute approximate surface area is 73.6 Å². The van der Waals surface area contributed by atoms with Crippen LogP contribution in [0, 0.1) is 17.3 Å². The Hall–Kier alpha value is -1.07. The van der Waals surface area contributed by atoms with Crippen LogP contribution >= 0.6 is 0 Å². The fourth-order valence-corrected chi connectivity index (χ4v) is 1.03. The van der Waals surface area contributed by atoms with Crippen LogP contribution in [-0.4, -0.2) is 19.3 Å². The molecule has 0 aromatic rings. The Morgan fingerprint density at radius 1 is 1.67 bits per heavy atom. The number of hydrogen-bond acceptors (Lipinski definition) is 2. The van der Waals surface area contributed by atoms with Crippen LogP contribution in [0.4, 0.5) is 0 Å². The summed E-state index contributed by atoms with van der Waals surface area (Å²) in [4.78, 5) is 4.16. The van der Waals surface area contributed by atoms with E-state index in [2.05, 4.69) is 29.8 Å². The summed E-state index contributed by atoms with van der Waals surface area (Å²) in [6, 6.07) is 0. The molecule has 0 fully saturated rings. The maximum Gasteiger partial charge on any atom is 0.0664 e. The van der Waals surface area contributed by atoms with Gasteiger partial charge in [-0.1, -0.05) is 12.0 Å². The lowest BCUT2D eigenvalue weighted by molar-refractivity contribution is 0.589. The standard InChI is InChI=1S/C10H14N2/c1-10(5-2-3-7-11)6-4-8-12-9-10/h4,6,8H,3,7,9,11H2,1H3. The molecule has 2 N–H and O–H groups in total. The zero-order valence-corrected chi connectivity index (χ0v) is 7.38. The van der Waals surface area contributed by atoms with Crippen molar-refractivity contribution in [2.45, 2.75) is 13.3 Å². The van der Waals surface area contributed by atoms with Gasteiger partial charge in [0.05, 0.1) is 12.0 Å². The summed E-state index contributed by atoms with van der Waals surface area (Å²) in [6.45, 7) is 3.49. The van der Waals surface area contributed by atoms with Crippen LogP contribution in [0.25, 0.3) is 0 Å². The molecule has 0 saturated carbocycles. The van der Waals surface area contributed by atoms with Crippen LogP contribution in [0.2, 0.25) is 0 Å². The number of rotatable bonds is 1. The first-order chi connectivity index (χ1) is 5.77. The minimum atomic E-state index is -0.0656. The topological polar surface area (TPSA) is 38.4 Å². The molecule has 0 aliphatic carbocycles. The highest BCUT2D eigenvalue weighted by Crippen LogP contribution is 2.19. The average Bonchev–Trinajstić information content (AvgIpc) is 2.06. The van der Waals surface area contributed by atoms with Gasteiger partial charge in [-0.15, -0.1) is 5.92 Å². The second-order valence-corrected chi connectivity index (χ2v) is 3.11. The predicted octanol–water partition coefficient (Wildman–Crippen LogP) is 0.986. The van der Waals surface area contributed by atoms with Crippen molar-refractivity contribution >= 4 is 6.21 Å². The summed E-state index contributed by atoms with van der Waals surface area (Å²) >= 11 is 0. The third-order valence-electron chi connectivity index (χ3n) is 1.72. The Kier molecular flexibility index (Phi) is 3.07. The molecule has 1 rings (SSSR count). The number of nitrogens with two attached hydrogens (primary N) is 1. The third kappa shape index (κ3) is 2.52. The third-order valence-corrected chi connectivity index (χ3v) is 1.72. The molecule has 2 heteroatoms. The maximum atomic E-state index is 5.34. The summed E-state index contributed by atoms with van der Waals surface area (Å²) in [6.07, 6.45) is 6.61. The zero-order valence-electron chi connectivity index (χ0n) is 7.38. The summed E-state index contributed by atoms with van der Waals surface area (Å²) in [7, 11) is 0. The van der Waals surface area contributed by atoms with Gasteiger partial charge in [0.2, 0.25) is 0 Å². The molecule has 0 radical (unpaired) electrons. The van der Waals surface area contributed by atoms with E-state index in [9.17, 15) is 0 Å². The van der Waals surface area contributed by atoms with Crippen molar-refractivity contribution in [1.29, 1.82) is 0 Å². The first-order valence-electron chi connectivity index (χ1n) is 4.15. The highest BCUT2D eigenvalue weighted by atomic mass is 14.7. The number of allylic oxidation sites excluding steroid dienone is 1. The SMILES string of the molecule is CC1(C#CCCN)C=CC=NC1. The van der Waals surface area contributed by atoms with Crippen LogP contribution in [0.15, 0.2) is 17.1 Å². The molecule has 64 valence electrons. The molecule has 0 amide bonds. The molecule has 1 atom stereocenters. The van der Waals surface area contributed by atoms with E-state index in [-0.39, 0.29) is 5.41 Å². The predicted molar refractivity (Wildman–Crippen MR) is 52.1 cm³/mol. The van der Waals surface area contributed by atoms with Gasteiger partial charge >= 0.3 is 0 Å². The monoisotopic (exact) mass is 162 g/mol. The second-order valence-electron chi connectivity index (χ2n) is 3.11. The summed E-state index contributed by atoms with van der Waals surface area (Å²) in [5.41, 5.74) is 5.27. The molecule has 0 aromatic heterocycles. The van der Waals surface area contributed by atoms with E-state index < -0.39 is 0 Å².